The lowest BCUT2D eigenvalue weighted by Gasteiger charge is -2.38. The average Bonchev–Trinajstić information content (AvgIpc) is 3.67. The Morgan fingerprint density at radius 3 is 2.62 bits per heavy atom. The van der Waals surface area contributed by atoms with Gasteiger partial charge in [0.05, 0.1) is 19.7 Å². The summed E-state index contributed by atoms with van der Waals surface area (Å²) in [4.78, 5) is 42.7. The number of carbonyl (C=O) groups excluding carboxylic acids is 3. The van der Waals surface area contributed by atoms with Crippen molar-refractivity contribution in [2.24, 2.45) is 5.92 Å². The SMILES string of the molecule is COC(=O)CN1CCN(C/C=C2\CN(C(C(=O)C3CC3)c3ccccc3F)CCC2S)CC1=O. The van der Waals surface area contributed by atoms with Gasteiger partial charge in [-0.1, -0.05) is 24.3 Å². The molecule has 184 valence electrons. The van der Waals surface area contributed by atoms with E-state index in [4.69, 9.17) is 12.6 Å². The second-order valence-electron chi connectivity index (χ2n) is 9.28. The van der Waals surface area contributed by atoms with Gasteiger partial charge in [-0.2, -0.15) is 12.6 Å². The quantitative estimate of drug-likeness (QED) is 0.343. The molecule has 1 aromatic rings. The van der Waals surface area contributed by atoms with Crippen molar-refractivity contribution in [3.63, 3.8) is 0 Å². The van der Waals surface area contributed by atoms with Gasteiger partial charge in [0.15, 0.2) is 5.78 Å². The molecule has 2 saturated heterocycles. The molecule has 1 saturated carbocycles. The molecule has 34 heavy (non-hydrogen) atoms. The van der Waals surface area contributed by atoms with Crippen LogP contribution >= 0.6 is 12.6 Å². The Bertz CT molecular complexity index is 967. The zero-order chi connectivity index (χ0) is 24.2. The molecule has 4 rings (SSSR count). The molecule has 2 aliphatic heterocycles. The molecule has 0 radical (unpaired) electrons. The number of rotatable bonds is 8. The molecule has 0 bridgehead atoms. The number of ketones is 1. The highest BCUT2D eigenvalue weighted by atomic mass is 32.1. The van der Waals surface area contributed by atoms with Gasteiger partial charge in [0.1, 0.15) is 12.4 Å². The van der Waals surface area contributed by atoms with Gasteiger partial charge in [0, 0.05) is 49.5 Å². The van der Waals surface area contributed by atoms with E-state index in [9.17, 15) is 18.8 Å². The molecule has 3 fully saturated rings. The Hall–Kier alpha value is -2.23. The van der Waals surface area contributed by atoms with E-state index in [1.165, 1.54) is 18.1 Å². The fraction of sp³-hybridized carbons (Fsp3) is 0.560. The summed E-state index contributed by atoms with van der Waals surface area (Å²) < 4.78 is 19.3. The first-order valence-corrected chi connectivity index (χ1v) is 12.3. The summed E-state index contributed by atoms with van der Waals surface area (Å²) in [7, 11) is 1.31. The molecule has 0 spiro atoms. The first kappa shape index (κ1) is 24.9. The summed E-state index contributed by atoms with van der Waals surface area (Å²) in [6.07, 6.45) is 4.62. The Balaban J connectivity index is 1.43. The van der Waals surface area contributed by atoms with Crippen LogP contribution in [-0.2, 0) is 19.1 Å². The number of hydrogen-bond donors (Lipinski definition) is 1. The lowest BCUT2D eigenvalue weighted by atomic mass is 9.93. The smallest absolute Gasteiger partial charge is 0.325 e. The number of halogens is 1. The third kappa shape index (κ3) is 5.87. The van der Waals surface area contributed by atoms with Crippen LogP contribution in [0.25, 0.3) is 0 Å². The van der Waals surface area contributed by atoms with E-state index in [0.717, 1.165) is 24.8 Å². The van der Waals surface area contributed by atoms with Crippen LogP contribution in [0, 0.1) is 11.7 Å². The molecule has 0 N–H and O–H groups in total. The molecule has 1 aromatic carbocycles. The highest BCUT2D eigenvalue weighted by Crippen LogP contribution is 2.39. The number of thiol groups is 1. The summed E-state index contributed by atoms with van der Waals surface area (Å²) in [5.41, 5.74) is 1.53. The molecular weight excluding hydrogens is 457 g/mol. The fourth-order valence-electron chi connectivity index (χ4n) is 4.68. The van der Waals surface area contributed by atoms with Crippen molar-refractivity contribution in [3.05, 3.63) is 47.3 Å². The maximum Gasteiger partial charge on any atom is 0.325 e. The first-order chi connectivity index (χ1) is 16.4. The standard InChI is InChI=1S/C25H32FN3O4S/c1-33-23(31)16-28-13-12-27(15-22(28)30)10-8-18-14-29(11-9-21(18)34)24(25(32)17-6-7-17)19-4-2-3-5-20(19)26/h2-5,8,17,21,24,34H,6-7,9-16H2,1H3/b18-8+. The third-order valence-corrected chi connectivity index (χ3v) is 7.46. The molecule has 2 atom stereocenters. The minimum Gasteiger partial charge on any atom is -0.468 e. The number of benzene rings is 1. The lowest BCUT2D eigenvalue weighted by molar-refractivity contribution is -0.149. The Kier molecular flexibility index (Phi) is 8.06. The number of Topliss-reactive ketones (excluding diaryl/α,β-unsaturated/α-hetero) is 1. The number of amides is 1. The van der Waals surface area contributed by atoms with Gasteiger partial charge < -0.3 is 9.64 Å². The topological polar surface area (TPSA) is 70.2 Å². The lowest BCUT2D eigenvalue weighted by Crippen LogP contribution is -2.51. The minimum atomic E-state index is -0.582. The molecular formula is C25H32FN3O4S. The average molecular weight is 490 g/mol. The monoisotopic (exact) mass is 489 g/mol. The molecule has 9 heteroatoms. The zero-order valence-electron chi connectivity index (χ0n) is 19.5. The van der Waals surface area contributed by atoms with Crippen LogP contribution in [0.3, 0.4) is 0 Å². The van der Waals surface area contributed by atoms with Crippen molar-refractivity contribution in [3.8, 4) is 0 Å². The second-order valence-corrected chi connectivity index (χ2v) is 9.90. The van der Waals surface area contributed by atoms with Crippen LogP contribution in [0.1, 0.15) is 30.9 Å². The predicted octanol–water partition coefficient (Wildman–Crippen LogP) is 2.09. The zero-order valence-corrected chi connectivity index (χ0v) is 20.4. The second kappa shape index (κ2) is 11.0. The number of piperidine rings is 1. The van der Waals surface area contributed by atoms with E-state index in [1.807, 2.05) is 4.90 Å². The van der Waals surface area contributed by atoms with Gasteiger partial charge in [-0.3, -0.25) is 24.2 Å². The van der Waals surface area contributed by atoms with Crippen LogP contribution in [0.4, 0.5) is 4.39 Å². The largest absolute Gasteiger partial charge is 0.468 e. The van der Waals surface area contributed by atoms with E-state index in [1.54, 1.807) is 18.2 Å². The van der Waals surface area contributed by atoms with E-state index >= 15 is 0 Å². The van der Waals surface area contributed by atoms with E-state index in [2.05, 4.69) is 15.7 Å². The molecule has 1 amide bonds. The summed E-state index contributed by atoms with van der Waals surface area (Å²) >= 11 is 4.76. The number of carbonyl (C=O) groups is 3. The molecule has 2 heterocycles. The van der Waals surface area contributed by atoms with Gasteiger partial charge in [0.2, 0.25) is 5.91 Å². The van der Waals surface area contributed by atoms with Crippen LogP contribution < -0.4 is 0 Å². The van der Waals surface area contributed by atoms with Crippen LogP contribution in [-0.4, -0.2) is 90.5 Å². The summed E-state index contributed by atoms with van der Waals surface area (Å²) in [5.74, 6) is -0.734. The van der Waals surface area contributed by atoms with Gasteiger partial charge in [-0.05, 0) is 30.9 Å². The molecule has 7 nitrogen and oxygen atoms in total. The maximum atomic E-state index is 14.7. The molecule has 2 unspecified atom stereocenters. The normalized spacial score (nSPS) is 24.3. The summed E-state index contributed by atoms with van der Waals surface area (Å²) in [5, 5.41) is 0.0601. The molecule has 0 aromatic heterocycles. The Morgan fingerprint density at radius 2 is 1.94 bits per heavy atom. The third-order valence-electron chi connectivity index (χ3n) is 6.87. The van der Waals surface area contributed by atoms with Crippen molar-refractivity contribution < 1.29 is 23.5 Å². The summed E-state index contributed by atoms with van der Waals surface area (Å²) in [6.45, 7) is 3.14. The number of methoxy groups -OCH3 is 1. The van der Waals surface area contributed by atoms with Gasteiger partial charge in [-0.15, -0.1) is 0 Å². The van der Waals surface area contributed by atoms with Crippen molar-refractivity contribution in [2.75, 3.05) is 52.9 Å². The molecule has 1 aliphatic carbocycles. The Morgan fingerprint density at radius 1 is 1.18 bits per heavy atom. The van der Waals surface area contributed by atoms with Crippen molar-refractivity contribution >= 4 is 30.3 Å². The van der Waals surface area contributed by atoms with Gasteiger partial charge in [-0.25, -0.2) is 4.39 Å². The van der Waals surface area contributed by atoms with Crippen molar-refractivity contribution in [1.29, 1.82) is 0 Å². The van der Waals surface area contributed by atoms with Crippen LogP contribution in [0.5, 0.6) is 0 Å². The van der Waals surface area contributed by atoms with Crippen molar-refractivity contribution in [1.82, 2.24) is 14.7 Å². The first-order valence-electron chi connectivity index (χ1n) is 11.8. The number of likely N-dealkylation sites (tertiary alicyclic amines) is 1. The van der Waals surface area contributed by atoms with Gasteiger partial charge >= 0.3 is 5.97 Å². The van der Waals surface area contributed by atoms with E-state index in [-0.39, 0.29) is 41.8 Å². The summed E-state index contributed by atoms with van der Waals surface area (Å²) in [6, 6.07) is 5.98. The van der Waals surface area contributed by atoms with Crippen LogP contribution in [0.2, 0.25) is 0 Å². The highest BCUT2D eigenvalue weighted by Gasteiger charge is 2.40. The molecule has 3 aliphatic rings. The van der Waals surface area contributed by atoms with E-state index < -0.39 is 12.0 Å². The van der Waals surface area contributed by atoms with Crippen molar-refractivity contribution in [2.45, 2.75) is 30.6 Å². The highest BCUT2D eigenvalue weighted by molar-refractivity contribution is 7.81. The van der Waals surface area contributed by atoms with Gasteiger partial charge in [0.25, 0.3) is 0 Å². The number of nitrogens with zero attached hydrogens (tertiary/aromatic N) is 3. The number of ether oxygens (including phenoxy) is 1. The Labute approximate surface area is 205 Å². The number of esters is 1. The fourth-order valence-corrected chi connectivity index (χ4v) is 4.98. The minimum absolute atomic E-state index is 0.0234. The maximum absolute atomic E-state index is 14.7. The predicted molar refractivity (Wildman–Crippen MR) is 129 cm³/mol. The number of piperazine rings is 1. The number of hydrogen-bond acceptors (Lipinski definition) is 7. The van der Waals surface area contributed by atoms with E-state index in [0.29, 0.717) is 38.3 Å². The van der Waals surface area contributed by atoms with Crippen LogP contribution in [0.15, 0.2) is 35.9 Å².